The van der Waals surface area contributed by atoms with Crippen molar-refractivity contribution >= 4 is 39.1 Å². The summed E-state index contributed by atoms with van der Waals surface area (Å²) in [6, 6.07) is 27.0. The molecular weight excluding hydrogens is 634 g/mol. The highest BCUT2D eigenvalue weighted by Gasteiger charge is 2.36. The summed E-state index contributed by atoms with van der Waals surface area (Å²) in [7, 11) is -2.83. The van der Waals surface area contributed by atoms with Crippen molar-refractivity contribution in [3.63, 3.8) is 0 Å². The van der Waals surface area contributed by atoms with Gasteiger partial charge in [-0.25, -0.2) is 8.42 Å². The molecule has 2 atom stereocenters. The lowest BCUT2D eigenvalue weighted by Gasteiger charge is -2.34. The second-order valence-electron chi connectivity index (χ2n) is 11.6. The number of benzene rings is 4. The van der Waals surface area contributed by atoms with Gasteiger partial charge in [0.2, 0.25) is 11.8 Å². The molecule has 0 aliphatic rings. The van der Waals surface area contributed by atoms with Gasteiger partial charge in [-0.2, -0.15) is 0 Å². The van der Waals surface area contributed by atoms with E-state index in [2.05, 4.69) is 5.32 Å². The maximum absolute atomic E-state index is 14.7. The van der Waals surface area contributed by atoms with Gasteiger partial charge < -0.3 is 15.0 Å². The minimum absolute atomic E-state index is 0.0205. The van der Waals surface area contributed by atoms with E-state index in [0.29, 0.717) is 17.0 Å². The molecule has 4 aromatic carbocycles. The van der Waals surface area contributed by atoms with Crippen molar-refractivity contribution in [2.24, 2.45) is 0 Å². The number of nitrogens with zero attached hydrogens (tertiary/aromatic N) is 2. The van der Waals surface area contributed by atoms with Gasteiger partial charge in [0, 0.05) is 24.0 Å². The summed E-state index contributed by atoms with van der Waals surface area (Å²) in [6.45, 7) is 6.95. The normalized spacial score (nSPS) is 12.6. The van der Waals surface area contributed by atoms with Gasteiger partial charge in [-0.1, -0.05) is 90.8 Å². The smallest absolute Gasteiger partial charge is 0.264 e. The van der Waals surface area contributed by atoms with Crippen LogP contribution in [-0.2, 0) is 32.6 Å². The highest BCUT2D eigenvalue weighted by Crippen LogP contribution is 2.34. The fourth-order valence-corrected chi connectivity index (χ4v) is 6.76. The molecule has 2 amide bonds. The Hall–Kier alpha value is -4.34. The molecule has 4 aromatic rings. The molecule has 4 rings (SSSR count). The Labute approximate surface area is 283 Å². The molecular formula is C37H42ClN3O5S. The highest BCUT2D eigenvalue weighted by atomic mass is 35.5. The van der Waals surface area contributed by atoms with Crippen LogP contribution in [0.15, 0.2) is 102 Å². The molecule has 0 aliphatic carbocycles. The lowest BCUT2D eigenvalue weighted by molar-refractivity contribution is -0.140. The summed E-state index contributed by atoms with van der Waals surface area (Å²) in [5.74, 6) is -0.638. The van der Waals surface area contributed by atoms with Crippen LogP contribution >= 0.6 is 11.6 Å². The lowest BCUT2D eigenvalue weighted by Crippen LogP contribution is -2.54. The molecule has 0 saturated carbocycles. The zero-order valence-electron chi connectivity index (χ0n) is 27.4. The Morgan fingerprint density at radius 2 is 1.53 bits per heavy atom. The largest absolute Gasteiger partial charge is 0.495 e. The third kappa shape index (κ3) is 8.93. The van der Waals surface area contributed by atoms with E-state index >= 15 is 0 Å². The van der Waals surface area contributed by atoms with Gasteiger partial charge in [-0.05, 0) is 74.2 Å². The molecule has 0 aromatic heterocycles. The van der Waals surface area contributed by atoms with Gasteiger partial charge >= 0.3 is 0 Å². The van der Waals surface area contributed by atoms with Crippen LogP contribution in [0.4, 0.5) is 5.69 Å². The Morgan fingerprint density at radius 1 is 0.894 bits per heavy atom. The first kappa shape index (κ1) is 35.5. The number of ether oxygens (including phenoxy) is 1. The molecule has 47 heavy (non-hydrogen) atoms. The summed E-state index contributed by atoms with van der Waals surface area (Å²) >= 11 is 6.59. The summed E-state index contributed by atoms with van der Waals surface area (Å²) in [5.41, 5.74) is 3.35. The van der Waals surface area contributed by atoms with E-state index in [9.17, 15) is 18.0 Å². The number of aryl methyl sites for hydroxylation is 2. The van der Waals surface area contributed by atoms with E-state index in [0.717, 1.165) is 21.0 Å². The van der Waals surface area contributed by atoms with Gasteiger partial charge in [-0.3, -0.25) is 13.9 Å². The number of amides is 2. The topological polar surface area (TPSA) is 96.0 Å². The molecule has 1 N–H and O–H groups in total. The van der Waals surface area contributed by atoms with Gasteiger partial charge in [0.05, 0.1) is 17.7 Å². The van der Waals surface area contributed by atoms with Gasteiger partial charge in [0.25, 0.3) is 10.0 Å². The fourth-order valence-electron chi connectivity index (χ4n) is 5.15. The first-order chi connectivity index (χ1) is 22.4. The van der Waals surface area contributed by atoms with Crippen LogP contribution in [0.5, 0.6) is 5.75 Å². The third-order valence-corrected chi connectivity index (χ3v) is 10.2. The summed E-state index contributed by atoms with van der Waals surface area (Å²) < 4.78 is 35.4. The van der Waals surface area contributed by atoms with Crippen molar-refractivity contribution in [2.45, 2.75) is 64.1 Å². The molecule has 10 heteroatoms. The molecule has 0 radical (unpaired) electrons. The predicted molar refractivity (Wildman–Crippen MR) is 187 cm³/mol. The van der Waals surface area contributed by atoms with Crippen molar-refractivity contribution in [1.29, 1.82) is 0 Å². The van der Waals surface area contributed by atoms with Gasteiger partial charge in [0.15, 0.2) is 0 Å². The molecule has 0 bridgehead atoms. The van der Waals surface area contributed by atoms with Crippen LogP contribution in [-0.4, -0.2) is 50.9 Å². The van der Waals surface area contributed by atoms with E-state index in [1.165, 1.54) is 24.1 Å². The average Bonchev–Trinajstić information content (AvgIpc) is 3.06. The number of carbonyl (C=O) groups excluding carboxylic acids is 2. The van der Waals surface area contributed by atoms with Gasteiger partial charge in [-0.15, -0.1) is 0 Å². The maximum atomic E-state index is 14.7. The zero-order chi connectivity index (χ0) is 34.1. The summed E-state index contributed by atoms with van der Waals surface area (Å²) in [5, 5.41) is 3.47. The highest BCUT2D eigenvalue weighted by molar-refractivity contribution is 7.92. The second-order valence-corrected chi connectivity index (χ2v) is 13.9. The van der Waals surface area contributed by atoms with Crippen molar-refractivity contribution in [3.05, 3.63) is 124 Å². The number of hydrogen-bond acceptors (Lipinski definition) is 5. The van der Waals surface area contributed by atoms with E-state index in [1.54, 1.807) is 54.6 Å². The number of carbonyl (C=O) groups is 2. The Bertz CT molecular complexity index is 1780. The van der Waals surface area contributed by atoms with Crippen molar-refractivity contribution < 1.29 is 22.7 Å². The number of sulfonamides is 1. The molecule has 0 heterocycles. The van der Waals surface area contributed by atoms with Crippen LogP contribution in [0.3, 0.4) is 0 Å². The SMILES string of the molecule is CC[C@@H](C)NC(=O)[C@@H](Cc1ccccc1)N(Cc1ccccc1Cl)C(=O)CN(c1cc(C)ccc1OC)S(=O)(=O)c1ccc(C)cc1. The Kier molecular flexibility index (Phi) is 12.1. The minimum Gasteiger partial charge on any atom is -0.495 e. The maximum Gasteiger partial charge on any atom is 0.264 e. The molecule has 0 aliphatic heterocycles. The number of hydrogen-bond donors (Lipinski definition) is 1. The second kappa shape index (κ2) is 16.0. The van der Waals surface area contributed by atoms with E-state index in [-0.39, 0.29) is 41.2 Å². The number of rotatable bonds is 14. The van der Waals surface area contributed by atoms with E-state index in [4.69, 9.17) is 16.3 Å². The van der Waals surface area contributed by atoms with Crippen LogP contribution in [0.2, 0.25) is 5.02 Å². The Balaban J connectivity index is 1.87. The number of halogens is 1. The summed E-state index contributed by atoms with van der Waals surface area (Å²) in [6.07, 6.45) is 0.899. The molecule has 0 saturated heterocycles. The zero-order valence-corrected chi connectivity index (χ0v) is 29.0. The van der Waals surface area contributed by atoms with Crippen molar-refractivity contribution in [2.75, 3.05) is 18.0 Å². The number of nitrogens with one attached hydrogen (secondary N) is 1. The van der Waals surface area contributed by atoms with Gasteiger partial charge in [0.1, 0.15) is 18.3 Å². The van der Waals surface area contributed by atoms with Crippen LogP contribution in [0, 0.1) is 13.8 Å². The first-order valence-corrected chi connectivity index (χ1v) is 17.4. The van der Waals surface area contributed by atoms with Crippen LogP contribution in [0.1, 0.15) is 42.5 Å². The molecule has 8 nitrogen and oxygen atoms in total. The summed E-state index contributed by atoms with van der Waals surface area (Å²) in [4.78, 5) is 30.2. The Morgan fingerprint density at radius 3 is 2.17 bits per heavy atom. The molecule has 0 unspecified atom stereocenters. The molecule has 0 spiro atoms. The fraction of sp³-hybridized carbons (Fsp3) is 0.297. The average molecular weight is 676 g/mol. The minimum atomic E-state index is -4.28. The third-order valence-electron chi connectivity index (χ3n) is 8.06. The van der Waals surface area contributed by atoms with Crippen LogP contribution in [0.25, 0.3) is 0 Å². The quantitative estimate of drug-likeness (QED) is 0.160. The first-order valence-electron chi connectivity index (χ1n) is 15.6. The standard InChI is InChI=1S/C37H42ClN3O5S/c1-6-28(4)39-37(43)34(23-29-12-8-7-9-13-29)40(24-30-14-10-11-15-32(30)38)36(42)25-41(33-22-27(3)18-21-35(33)46-5)47(44,45)31-19-16-26(2)17-20-31/h7-22,28,34H,6,23-25H2,1-5H3,(H,39,43)/t28-,34-/m1/s1. The predicted octanol–water partition coefficient (Wildman–Crippen LogP) is 6.72. The van der Waals surface area contributed by atoms with E-state index < -0.39 is 28.5 Å². The molecule has 248 valence electrons. The number of methoxy groups -OCH3 is 1. The monoisotopic (exact) mass is 675 g/mol. The van der Waals surface area contributed by atoms with E-state index in [1.807, 2.05) is 58.0 Å². The molecule has 0 fully saturated rings. The number of anilines is 1. The lowest BCUT2D eigenvalue weighted by atomic mass is 10.0. The van der Waals surface area contributed by atoms with Crippen LogP contribution < -0.4 is 14.4 Å². The van der Waals surface area contributed by atoms with Crippen molar-refractivity contribution in [1.82, 2.24) is 10.2 Å². The van der Waals surface area contributed by atoms with Crippen molar-refractivity contribution in [3.8, 4) is 5.75 Å².